The van der Waals surface area contributed by atoms with Crippen molar-refractivity contribution in [1.82, 2.24) is 5.32 Å². The third kappa shape index (κ3) is 5.56. The summed E-state index contributed by atoms with van der Waals surface area (Å²) in [7, 11) is 0. The summed E-state index contributed by atoms with van der Waals surface area (Å²) >= 11 is 0. The van der Waals surface area contributed by atoms with Crippen LogP contribution in [-0.2, 0) is 16.1 Å². The Morgan fingerprint density at radius 1 is 0.964 bits per heavy atom. The van der Waals surface area contributed by atoms with Crippen LogP contribution >= 0.6 is 0 Å². The standard InChI is InChI=1S/C20H20F3N3O2/c21-16-4-2-1-3-13(16)11-26(15-6-7-15)12-20(28)24-10-19(27)25-14-5-8-17(22)18(23)9-14/h1-5,8-9,15H,6-7,10-12H2,(H,24,28)(H,25,27)/p+1. The molecule has 0 bridgehead atoms. The molecule has 3 rings (SSSR count). The van der Waals surface area contributed by atoms with Crippen LogP contribution in [0.3, 0.4) is 0 Å². The molecule has 1 fully saturated rings. The lowest BCUT2D eigenvalue weighted by molar-refractivity contribution is -0.917. The van der Waals surface area contributed by atoms with Crippen molar-refractivity contribution in [3.05, 3.63) is 65.5 Å². The molecule has 0 radical (unpaired) electrons. The lowest BCUT2D eigenvalue weighted by Crippen LogP contribution is -3.13. The third-order valence-corrected chi connectivity index (χ3v) is 4.57. The van der Waals surface area contributed by atoms with E-state index in [1.807, 2.05) is 0 Å². The Bertz CT molecular complexity index is 872. The maximum atomic E-state index is 13.9. The van der Waals surface area contributed by atoms with Crippen molar-refractivity contribution in [3.8, 4) is 0 Å². The maximum Gasteiger partial charge on any atom is 0.275 e. The molecule has 3 N–H and O–H groups in total. The van der Waals surface area contributed by atoms with Crippen molar-refractivity contribution in [1.29, 1.82) is 0 Å². The van der Waals surface area contributed by atoms with E-state index in [2.05, 4.69) is 10.6 Å². The second-order valence-electron chi connectivity index (χ2n) is 6.83. The highest BCUT2D eigenvalue weighted by Gasteiger charge is 2.35. The first-order valence-electron chi connectivity index (χ1n) is 9.02. The Hall–Kier alpha value is -2.87. The molecule has 8 heteroatoms. The average Bonchev–Trinajstić information content (AvgIpc) is 3.49. The molecule has 0 spiro atoms. The molecule has 148 valence electrons. The van der Waals surface area contributed by atoms with Crippen LogP contribution < -0.4 is 15.5 Å². The number of nitrogens with one attached hydrogen (secondary N) is 3. The first kappa shape index (κ1) is 19.9. The van der Waals surface area contributed by atoms with Gasteiger partial charge in [-0.2, -0.15) is 0 Å². The summed E-state index contributed by atoms with van der Waals surface area (Å²) in [6, 6.07) is 9.77. The summed E-state index contributed by atoms with van der Waals surface area (Å²) < 4.78 is 39.9. The van der Waals surface area contributed by atoms with Gasteiger partial charge in [-0.3, -0.25) is 9.59 Å². The number of quaternary nitrogens is 1. The largest absolute Gasteiger partial charge is 0.342 e. The minimum Gasteiger partial charge on any atom is -0.342 e. The number of amides is 2. The van der Waals surface area contributed by atoms with Gasteiger partial charge < -0.3 is 15.5 Å². The van der Waals surface area contributed by atoms with Gasteiger partial charge in [-0.25, -0.2) is 13.2 Å². The molecule has 2 aromatic rings. The summed E-state index contributed by atoms with van der Waals surface area (Å²) in [5.41, 5.74) is 0.649. The highest BCUT2D eigenvalue weighted by molar-refractivity contribution is 5.94. The minimum absolute atomic E-state index is 0.0999. The normalized spacial score (nSPS) is 14.4. The molecule has 5 nitrogen and oxygen atoms in total. The second-order valence-corrected chi connectivity index (χ2v) is 6.83. The summed E-state index contributed by atoms with van der Waals surface area (Å²) in [4.78, 5) is 25.0. The molecule has 1 unspecified atom stereocenters. The molecule has 0 aliphatic heterocycles. The maximum absolute atomic E-state index is 13.9. The monoisotopic (exact) mass is 392 g/mol. The number of rotatable bonds is 8. The minimum atomic E-state index is -1.07. The van der Waals surface area contributed by atoms with Gasteiger partial charge in [-0.05, 0) is 18.2 Å². The first-order chi connectivity index (χ1) is 13.4. The molecular formula is C20H21F3N3O2+. The first-order valence-corrected chi connectivity index (χ1v) is 9.02. The van der Waals surface area contributed by atoms with Gasteiger partial charge in [0.25, 0.3) is 5.91 Å². The topological polar surface area (TPSA) is 62.6 Å². The van der Waals surface area contributed by atoms with Gasteiger partial charge in [-0.15, -0.1) is 0 Å². The SMILES string of the molecule is O=C(C[NH+](Cc1ccccc1F)C1CC1)NCC(=O)Nc1ccc(F)c(F)c1. The molecular weight excluding hydrogens is 371 g/mol. The van der Waals surface area contributed by atoms with E-state index < -0.39 is 17.5 Å². The van der Waals surface area contributed by atoms with Crippen molar-refractivity contribution in [3.63, 3.8) is 0 Å². The van der Waals surface area contributed by atoms with Crippen molar-refractivity contribution >= 4 is 17.5 Å². The van der Waals surface area contributed by atoms with Crippen LogP contribution in [0.5, 0.6) is 0 Å². The molecule has 1 atom stereocenters. The van der Waals surface area contributed by atoms with E-state index in [0.29, 0.717) is 18.2 Å². The van der Waals surface area contributed by atoms with Crippen molar-refractivity contribution < 1.29 is 27.7 Å². The number of carbonyl (C=O) groups is 2. The zero-order valence-corrected chi connectivity index (χ0v) is 15.1. The van der Waals surface area contributed by atoms with Crippen molar-refractivity contribution in [2.24, 2.45) is 0 Å². The van der Waals surface area contributed by atoms with Gasteiger partial charge in [0.1, 0.15) is 12.4 Å². The lowest BCUT2D eigenvalue weighted by Gasteiger charge is -2.19. The van der Waals surface area contributed by atoms with Crippen molar-refractivity contribution in [2.45, 2.75) is 25.4 Å². The average molecular weight is 392 g/mol. The van der Waals surface area contributed by atoms with Gasteiger partial charge in [0.2, 0.25) is 5.91 Å². The van der Waals surface area contributed by atoms with E-state index in [-0.39, 0.29) is 30.5 Å². The summed E-state index contributed by atoms with van der Waals surface area (Å²) in [6.07, 6.45) is 1.96. The highest BCUT2D eigenvalue weighted by Crippen LogP contribution is 2.16. The molecule has 0 heterocycles. The van der Waals surface area contributed by atoms with E-state index in [1.54, 1.807) is 18.2 Å². The van der Waals surface area contributed by atoms with E-state index >= 15 is 0 Å². The molecule has 0 saturated heterocycles. The fraction of sp³-hybridized carbons (Fsp3) is 0.300. The molecule has 2 aromatic carbocycles. The Morgan fingerprint density at radius 3 is 2.39 bits per heavy atom. The summed E-state index contributed by atoms with van der Waals surface area (Å²) in [5.74, 6) is -3.27. The predicted molar refractivity (Wildman–Crippen MR) is 97.0 cm³/mol. The van der Waals surface area contributed by atoms with E-state index in [1.165, 1.54) is 12.1 Å². The fourth-order valence-electron chi connectivity index (χ4n) is 2.96. The Labute approximate surface area is 160 Å². The highest BCUT2D eigenvalue weighted by atomic mass is 19.2. The molecule has 2 amide bonds. The van der Waals surface area contributed by atoms with Crippen LogP contribution in [0.25, 0.3) is 0 Å². The van der Waals surface area contributed by atoms with Gasteiger partial charge >= 0.3 is 0 Å². The fourth-order valence-corrected chi connectivity index (χ4v) is 2.96. The summed E-state index contributed by atoms with van der Waals surface area (Å²) in [6.45, 7) is 0.221. The second kappa shape index (κ2) is 8.88. The van der Waals surface area contributed by atoms with Gasteiger partial charge in [-0.1, -0.05) is 18.2 Å². The number of benzene rings is 2. The van der Waals surface area contributed by atoms with Crippen LogP contribution in [0.15, 0.2) is 42.5 Å². The number of halogens is 3. The smallest absolute Gasteiger partial charge is 0.275 e. The number of anilines is 1. The Kier molecular flexibility index (Phi) is 6.30. The third-order valence-electron chi connectivity index (χ3n) is 4.57. The Morgan fingerprint density at radius 2 is 1.71 bits per heavy atom. The number of carbonyl (C=O) groups excluding carboxylic acids is 2. The van der Waals surface area contributed by atoms with E-state index in [9.17, 15) is 22.8 Å². The molecule has 1 saturated carbocycles. The number of hydrogen-bond acceptors (Lipinski definition) is 2. The zero-order valence-electron chi connectivity index (χ0n) is 15.1. The molecule has 0 aromatic heterocycles. The van der Waals surface area contributed by atoms with Crippen LogP contribution in [0.2, 0.25) is 0 Å². The van der Waals surface area contributed by atoms with E-state index in [0.717, 1.165) is 29.9 Å². The quantitative estimate of drug-likeness (QED) is 0.636. The van der Waals surface area contributed by atoms with Gasteiger partial charge in [0.15, 0.2) is 18.2 Å². The number of hydrogen-bond donors (Lipinski definition) is 3. The van der Waals surface area contributed by atoms with Crippen LogP contribution in [0.1, 0.15) is 18.4 Å². The van der Waals surface area contributed by atoms with Crippen LogP contribution in [0.4, 0.5) is 18.9 Å². The summed E-state index contributed by atoms with van der Waals surface area (Å²) in [5, 5.41) is 4.89. The van der Waals surface area contributed by atoms with Gasteiger partial charge in [0.05, 0.1) is 12.6 Å². The molecule has 1 aliphatic rings. The predicted octanol–water partition coefficient (Wildman–Crippen LogP) is 1.41. The lowest BCUT2D eigenvalue weighted by atomic mass is 10.2. The van der Waals surface area contributed by atoms with Crippen LogP contribution in [0, 0.1) is 17.5 Å². The molecule has 28 heavy (non-hydrogen) atoms. The van der Waals surface area contributed by atoms with Crippen LogP contribution in [-0.4, -0.2) is 30.9 Å². The van der Waals surface area contributed by atoms with E-state index in [4.69, 9.17) is 0 Å². The van der Waals surface area contributed by atoms with Gasteiger partial charge in [0, 0.05) is 30.2 Å². The zero-order chi connectivity index (χ0) is 20.1. The van der Waals surface area contributed by atoms with Crippen molar-refractivity contribution in [2.75, 3.05) is 18.4 Å². The Balaban J connectivity index is 1.48. The molecule has 1 aliphatic carbocycles.